The summed E-state index contributed by atoms with van der Waals surface area (Å²) in [6.07, 6.45) is -7.09. The van der Waals surface area contributed by atoms with Crippen molar-refractivity contribution >= 4 is 11.8 Å². The van der Waals surface area contributed by atoms with Crippen molar-refractivity contribution in [2.24, 2.45) is 0 Å². The van der Waals surface area contributed by atoms with Gasteiger partial charge in [0.25, 0.3) is 0 Å². The molecule has 1 aromatic rings. The van der Waals surface area contributed by atoms with Crippen LogP contribution in [0.5, 0.6) is 0 Å². The number of alkyl halides is 9. The smallest absolute Gasteiger partial charge is 0.455 e. The summed E-state index contributed by atoms with van der Waals surface area (Å²) >= 11 is 0. The number of benzene rings is 1. The summed E-state index contributed by atoms with van der Waals surface area (Å²) in [5.74, 6) is -27.3. The number of carbonyl (C=O) groups excluding carboxylic acids is 2. The summed E-state index contributed by atoms with van der Waals surface area (Å²) < 4.78 is 117. The topological polar surface area (TPSA) is 43.4 Å². The summed E-state index contributed by atoms with van der Waals surface area (Å²) in [6, 6.07) is 6.80. The van der Waals surface area contributed by atoms with Crippen LogP contribution in [0.2, 0.25) is 0 Å². The van der Waals surface area contributed by atoms with Gasteiger partial charge < -0.3 is 4.74 Å². The number of ketones is 1. The van der Waals surface area contributed by atoms with Crippen molar-refractivity contribution in [1.82, 2.24) is 0 Å². The molecule has 0 aliphatic rings. The molecule has 1 aromatic carbocycles. The van der Waals surface area contributed by atoms with E-state index in [0.717, 1.165) is 0 Å². The fourth-order valence-corrected chi connectivity index (χ4v) is 1.43. The van der Waals surface area contributed by atoms with Crippen LogP contribution in [0.3, 0.4) is 0 Å². The van der Waals surface area contributed by atoms with Crippen molar-refractivity contribution in [3.8, 4) is 0 Å². The summed E-state index contributed by atoms with van der Waals surface area (Å²) in [5, 5.41) is 0. The normalized spacial score (nSPS) is 13.5. The average Bonchev–Trinajstić information content (AvgIpc) is 2.51. The number of hydrogen-bond acceptors (Lipinski definition) is 3. The molecule has 0 N–H and O–H groups in total. The van der Waals surface area contributed by atoms with E-state index in [1.807, 2.05) is 0 Å². The van der Waals surface area contributed by atoms with E-state index in [9.17, 15) is 49.1 Å². The molecule has 0 spiro atoms. The second-order valence-electron chi connectivity index (χ2n) is 4.61. The van der Waals surface area contributed by atoms with Crippen molar-refractivity contribution in [2.45, 2.75) is 30.6 Å². The maximum absolute atomic E-state index is 13.2. The number of Topliss-reactive ketones (excluding diaryl/α,β-unsaturated/α-hetero) is 1. The lowest BCUT2D eigenvalue weighted by Gasteiger charge is -2.32. The van der Waals surface area contributed by atoms with Gasteiger partial charge in [0, 0.05) is 0 Å². The van der Waals surface area contributed by atoms with Crippen molar-refractivity contribution in [3.63, 3.8) is 0 Å². The molecule has 1 rings (SSSR count). The van der Waals surface area contributed by atoms with Gasteiger partial charge in [0.2, 0.25) is 0 Å². The van der Waals surface area contributed by atoms with Crippen LogP contribution < -0.4 is 0 Å². The minimum absolute atomic E-state index is 0.111. The Morgan fingerprint density at radius 2 is 1.28 bits per heavy atom. The molecule has 0 heterocycles. The van der Waals surface area contributed by atoms with E-state index in [1.54, 1.807) is 0 Å². The molecule has 0 atom stereocenters. The molecule has 12 heteroatoms. The molecule has 0 aromatic heterocycles. The third kappa shape index (κ3) is 3.71. The van der Waals surface area contributed by atoms with Crippen molar-refractivity contribution in [2.75, 3.05) is 0 Å². The molecule has 0 unspecified atom stereocenters. The fraction of sp³-hybridized carbons (Fsp3) is 0.385. The molecule has 3 nitrogen and oxygen atoms in total. The second-order valence-corrected chi connectivity index (χ2v) is 4.61. The molecular formula is C13H7F9O3. The first-order valence-corrected chi connectivity index (χ1v) is 6.12. The fourth-order valence-electron chi connectivity index (χ4n) is 1.43. The van der Waals surface area contributed by atoms with E-state index >= 15 is 0 Å². The number of halogens is 9. The maximum Gasteiger partial charge on any atom is 0.460 e. The average molecular weight is 382 g/mol. The molecule has 25 heavy (non-hydrogen) atoms. The predicted molar refractivity (Wildman–Crippen MR) is 62.1 cm³/mol. The van der Waals surface area contributed by atoms with Gasteiger partial charge in [-0.2, -0.15) is 39.5 Å². The van der Waals surface area contributed by atoms with Crippen molar-refractivity contribution < 1.29 is 53.8 Å². The zero-order valence-corrected chi connectivity index (χ0v) is 11.7. The second kappa shape index (κ2) is 6.56. The van der Waals surface area contributed by atoms with E-state index in [2.05, 4.69) is 4.74 Å². The van der Waals surface area contributed by atoms with Gasteiger partial charge in [0.15, 0.2) is 0 Å². The van der Waals surface area contributed by atoms with Gasteiger partial charge in [-0.25, -0.2) is 4.79 Å². The highest BCUT2D eigenvalue weighted by molar-refractivity contribution is 6.36. The summed E-state index contributed by atoms with van der Waals surface area (Å²) in [6.45, 7) is -0.872. The maximum atomic E-state index is 13.2. The predicted octanol–water partition coefficient (Wildman–Crippen LogP) is 3.77. The van der Waals surface area contributed by atoms with E-state index in [0.29, 0.717) is 0 Å². The van der Waals surface area contributed by atoms with Gasteiger partial charge in [-0.3, -0.25) is 4.79 Å². The zero-order chi connectivity index (χ0) is 19.7. The first kappa shape index (κ1) is 20.8. The third-order valence-electron chi connectivity index (χ3n) is 2.83. The highest BCUT2D eigenvalue weighted by atomic mass is 19.4. The highest BCUT2D eigenvalue weighted by Gasteiger charge is 2.84. The number of rotatable bonds is 6. The molecule has 0 fully saturated rings. The Balaban J connectivity index is 2.99. The standard InChI is InChI=1S/C13H7F9O3/c14-10(15,11(16,17)12(18,19)13(20,21)22)8(23)9(24)25-6-7-4-2-1-3-5-7/h1-5H,6H2. The molecule has 0 radical (unpaired) electrons. The molecule has 140 valence electrons. The zero-order valence-electron chi connectivity index (χ0n) is 11.7. The monoisotopic (exact) mass is 382 g/mol. The lowest BCUT2D eigenvalue weighted by atomic mass is 10.0. The summed E-state index contributed by atoms with van der Waals surface area (Å²) in [5.41, 5.74) is 0.111. The molecule has 0 saturated carbocycles. The van der Waals surface area contributed by atoms with Crippen LogP contribution in [0.15, 0.2) is 30.3 Å². The van der Waals surface area contributed by atoms with E-state index in [1.165, 1.54) is 30.3 Å². The Hall–Kier alpha value is -2.27. The van der Waals surface area contributed by atoms with Crippen LogP contribution >= 0.6 is 0 Å². The first-order valence-electron chi connectivity index (χ1n) is 6.12. The van der Waals surface area contributed by atoms with Crippen LogP contribution in [-0.4, -0.2) is 35.7 Å². The van der Waals surface area contributed by atoms with Gasteiger partial charge in [0.1, 0.15) is 6.61 Å². The van der Waals surface area contributed by atoms with E-state index in [-0.39, 0.29) is 5.56 Å². The molecule has 0 bridgehead atoms. The quantitative estimate of drug-likeness (QED) is 0.428. The number of carbonyl (C=O) groups is 2. The van der Waals surface area contributed by atoms with Gasteiger partial charge in [-0.05, 0) is 5.56 Å². The van der Waals surface area contributed by atoms with Crippen molar-refractivity contribution in [3.05, 3.63) is 35.9 Å². The summed E-state index contributed by atoms with van der Waals surface area (Å²) in [4.78, 5) is 22.1. The SMILES string of the molecule is O=C(OCc1ccccc1)C(=O)C(F)(F)C(F)(F)C(F)(F)C(F)(F)F. The molecule has 0 amide bonds. The minimum atomic E-state index is -7.27. The number of hydrogen-bond donors (Lipinski definition) is 0. The first-order chi connectivity index (χ1) is 11.2. The third-order valence-corrected chi connectivity index (χ3v) is 2.83. The lowest BCUT2D eigenvalue weighted by molar-refractivity contribution is -0.388. The van der Waals surface area contributed by atoms with E-state index in [4.69, 9.17) is 0 Å². The lowest BCUT2D eigenvalue weighted by Crippen LogP contribution is -2.64. The summed E-state index contributed by atoms with van der Waals surface area (Å²) in [7, 11) is 0. The van der Waals surface area contributed by atoms with Crippen LogP contribution in [0.4, 0.5) is 39.5 Å². The minimum Gasteiger partial charge on any atom is -0.455 e. The van der Waals surface area contributed by atoms with Gasteiger partial charge in [-0.1, -0.05) is 30.3 Å². The van der Waals surface area contributed by atoms with Gasteiger partial charge in [-0.15, -0.1) is 0 Å². The molecule has 0 aliphatic heterocycles. The Kier molecular flexibility index (Phi) is 5.45. The Morgan fingerprint density at radius 3 is 1.72 bits per heavy atom. The van der Waals surface area contributed by atoms with Crippen LogP contribution in [0.25, 0.3) is 0 Å². The number of ether oxygens (including phenoxy) is 1. The Morgan fingerprint density at radius 1 is 0.800 bits per heavy atom. The van der Waals surface area contributed by atoms with Crippen molar-refractivity contribution in [1.29, 1.82) is 0 Å². The van der Waals surface area contributed by atoms with Crippen LogP contribution in [0.1, 0.15) is 5.56 Å². The molecule has 0 saturated heterocycles. The van der Waals surface area contributed by atoms with Gasteiger partial charge >= 0.3 is 35.7 Å². The Bertz CT molecular complexity index is 638. The van der Waals surface area contributed by atoms with Gasteiger partial charge in [0.05, 0.1) is 0 Å². The molecular weight excluding hydrogens is 375 g/mol. The van der Waals surface area contributed by atoms with Crippen LogP contribution in [-0.2, 0) is 20.9 Å². The highest BCUT2D eigenvalue weighted by Crippen LogP contribution is 2.53. The molecule has 0 aliphatic carbocycles. The van der Waals surface area contributed by atoms with Crippen LogP contribution in [0, 0.1) is 0 Å². The van der Waals surface area contributed by atoms with E-state index < -0.39 is 42.3 Å². The number of esters is 1. The largest absolute Gasteiger partial charge is 0.460 e. The Labute approximate surface area is 133 Å².